The number of hydrogen-bond acceptors (Lipinski definition) is 3. The summed E-state index contributed by atoms with van der Waals surface area (Å²) in [6, 6.07) is 2.62. The Hall–Kier alpha value is -1.76. The Morgan fingerprint density at radius 3 is 2.40 bits per heavy atom. The first kappa shape index (κ1) is 16.3. The zero-order valence-electron chi connectivity index (χ0n) is 11.3. The predicted octanol–water partition coefficient (Wildman–Crippen LogP) is 2.21. The van der Waals surface area contributed by atoms with Crippen molar-refractivity contribution in [3.8, 4) is 5.75 Å². The number of carbonyl (C=O) groups excluding carboxylic acids is 1. The molecule has 0 saturated heterocycles. The SMILES string of the molecule is COc1cc(C(F)(F)F)ccc1C(=O)NC(C)(C)CO. The average molecular weight is 291 g/mol. The van der Waals surface area contributed by atoms with E-state index < -0.39 is 23.2 Å². The molecule has 0 spiro atoms. The van der Waals surface area contributed by atoms with Crippen LogP contribution in [0.1, 0.15) is 29.8 Å². The molecule has 1 aromatic carbocycles. The highest BCUT2D eigenvalue weighted by molar-refractivity contribution is 5.97. The number of aliphatic hydroxyl groups excluding tert-OH is 1. The third kappa shape index (κ3) is 3.86. The van der Waals surface area contributed by atoms with E-state index in [0.29, 0.717) is 0 Å². The van der Waals surface area contributed by atoms with Crippen LogP contribution in [0.5, 0.6) is 5.75 Å². The lowest BCUT2D eigenvalue weighted by atomic mass is 10.0. The minimum atomic E-state index is -4.51. The van der Waals surface area contributed by atoms with E-state index in [9.17, 15) is 18.0 Å². The lowest BCUT2D eigenvalue weighted by molar-refractivity contribution is -0.137. The molecule has 7 heteroatoms. The van der Waals surface area contributed by atoms with Gasteiger partial charge in [-0.05, 0) is 32.0 Å². The topological polar surface area (TPSA) is 58.6 Å². The molecule has 0 aromatic heterocycles. The van der Waals surface area contributed by atoms with Gasteiger partial charge in [0, 0.05) is 0 Å². The molecule has 2 N–H and O–H groups in total. The molecule has 0 aliphatic rings. The molecule has 0 radical (unpaired) electrons. The van der Waals surface area contributed by atoms with Crippen LogP contribution in [0.2, 0.25) is 0 Å². The standard InChI is InChI=1S/C13H16F3NO3/c1-12(2,7-18)17-11(19)9-5-4-8(13(14,15)16)6-10(9)20-3/h4-6,18H,7H2,1-3H3,(H,17,19). The molecule has 0 aliphatic carbocycles. The summed E-state index contributed by atoms with van der Waals surface area (Å²) in [6.07, 6.45) is -4.51. The predicted molar refractivity (Wildman–Crippen MR) is 66.6 cm³/mol. The summed E-state index contributed by atoms with van der Waals surface area (Å²) in [6.45, 7) is 2.87. The minimum absolute atomic E-state index is 0.0259. The lowest BCUT2D eigenvalue weighted by Gasteiger charge is -2.24. The van der Waals surface area contributed by atoms with Crippen molar-refractivity contribution in [2.45, 2.75) is 25.6 Å². The summed E-state index contributed by atoms with van der Waals surface area (Å²) in [5, 5.41) is 11.6. The molecule has 0 atom stereocenters. The lowest BCUT2D eigenvalue weighted by Crippen LogP contribution is -2.46. The van der Waals surface area contributed by atoms with E-state index in [2.05, 4.69) is 5.32 Å². The van der Waals surface area contributed by atoms with Crippen LogP contribution in [-0.4, -0.2) is 30.3 Å². The van der Waals surface area contributed by atoms with E-state index >= 15 is 0 Å². The van der Waals surface area contributed by atoms with Crippen molar-refractivity contribution in [2.24, 2.45) is 0 Å². The molecule has 0 saturated carbocycles. The van der Waals surface area contributed by atoms with Gasteiger partial charge in [-0.15, -0.1) is 0 Å². The van der Waals surface area contributed by atoms with E-state index in [4.69, 9.17) is 9.84 Å². The van der Waals surface area contributed by atoms with Crippen molar-refractivity contribution in [3.05, 3.63) is 29.3 Å². The molecular formula is C13H16F3NO3. The Balaban J connectivity index is 3.11. The third-order valence-corrected chi connectivity index (χ3v) is 2.62. The van der Waals surface area contributed by atoms with Gasteiger partial charge in [0.25, 0.3) is 5.91 Å². The second kappa shape index (κ2) is 5.70. The Morgan fingerprint density at radius 2 is 1.95 bits per heavy atom. The quantitative estimate of drug-likeness (QED) is 0.894. The van der Waals surface area contributed by atoms with Crippen LogP contribution in [0.4, 0.5) is 13.2 Å². The highest BCUT2D eigenvalue weighted by Gasteiger charge is 2.32. The fourth-order valence-corrected chi connectivity index (χ4v) is 1.47. The van der Waals surface area contributed by atoms with Gasteiger partial charge in [-0.1, -0.05) is 0 Å². The molecule has 0 aliphatic heterocycles. The molecule has 112 valence electrons. The average Bonchev–Trinajstić information content (AvgIpc) is 2.36. The summed E-state index contributed by atoms with van der Waals surface area (Å²) >= 11 is 0. The fraction of sp³-hybridized carbons (Fsp3) is 0.462. The van der Waals surface area contributed by atoms with E-state index in [1.165, 1.54) is 7.11 Å². The monoisotopic (exact) mass is 291 g/mol. The van der Waals surface area contributed by atoms with Gasteiger partial charge in [-0.2, -0.15) is 13.2 Å². The number of ether oxygens (including phenoxy) is 1. The maximum atomic E-state index is 12.6. The van der Waals surface area contributed by atoms with Crippen LogP contribution < -0.4 is 10.1 Å². The molecule has 0 fully saturated rings. The number of hydrogen-bond donors (Lipinski definition) is 2. The number of carbonyl (C=O) groups is 1. The minimum Gasteiger partial charge on any atom is -0.496 e. The Bertz CT molecular complexity index is 498. The molecular weight excluding hydrogens is 275 g/mol. The summed E-state index contributed by atoms with van der Waals surface area (Å²) < 4.78 is 42.5. The van der Waals surface area contributed by atoms with Crippen LogP contribution >= 0.6 is 0 Å². The van der Waals surface area contributed by atoms with Crippen molar-refractivity contribution in [1.82, 2.24) is 5.32 Å². The van der Waals surface area contributed by atoms with Crippen LogP contribution in [0.3, 0.4) is 0 Å². The van der Waals surface area contributed by atoms with Crippen molar-refractivity contribution in [3.63, 3.8) is 0 Å². The van der Waals surface area contributed by atoms with Gasteiger partial charge in [0.05, 0.1) is 30.4 Å². The maximum absolute atomic E-state index is 12.6. The summed E-state index contributed by atoms with van der Waals surface area (Å²) in [5.41, 5.74) is -1.81. The van der Waals surface area contributed by atoms with Crippen molar-refractivity contribution < 1.29 is 27.8 Å². The first-order chi connectivity index (χ1) is 9.10. The number of amides is 1. The van der Waals surface area contributed by atoms with Crippen LogP contribution in [0.15, 0.2) is 18.2 Å². The van der Waals surface area contributed by atoms with E-state index in [0.717, 1.165) is 18.2 Å². The van der Waals surface area contributed by atoms with Crippen molar-refractivity contribution in [1.29, 1.82) is 0 Å². The maximum Gasteiger partial charge on any atom is 0.416 e. The second-order valence-corrected chi connectivity index (χ2v) is 4.91. The van der Waals surface area contributed by atoms with Gasteiger partial charge >= 0.3 is 6.18 Å². The Labute approximate surface area is 114 Å². The molecule has 4 nitrogen and oxygen atoms in total. The van der Waals surface area contributed by atoms with Gasteiger partial charge in [-0.3, -0.25) is 4.79 Å². The normalized spacial score (nSPS) is 12.2. The number of rotatable bonds is 4. The summed E-state index contributed by atoms with van der Waals surface area (Å²) in [4.78, 5) is 12.0. The number of aliphatic hydroxyl groups is 1. The molecule has 1 rings (SSSR count). The van der Waals surface area contributed by atoms with Gasteiger partial charge < -0.3 is 15.2 Å². The smallest absolute Gasteiger partial charge is 0.416 e. The molecule has 0 unspecified atom stereocenters. The zero-order chi connectivity index (χ0) is 15.6. The first-order valence-corrected chi connectivity index (χ1v) is 5.79. The Kier molecular flexibility index (Phi) is 4.65. The third-order valence-electron chi connectivity index (χ3n) is 2.62. The van der Waals surface area contributed by atoms with Crippen LogP contribution in [-0.2, 0) is 6.18 Å². The van der Waals surface area contributed by atoms with E-state index in [1.54, 1.807) is 13.8 Å². The molecule has 0 bridgehead atoms. The first-order valence-electron chi connectivity index (χ1n) is 5.79. The van der Waals surface area contributed by atoms with Gasteiger partial charge in [0.2, 0.25) is 0 Å². The number of methoxy groups -OCH3 is 1. The number of halogens is 3. The van der Waals surface area contributed by atoms with Crippen LogP contribution in [0.25, 0.3) is 0 Å². The number of nitrogens with one attached hydrogen (secondary N) is 1. The molecule has 20 heavy (non-hydrogen) atoms. The fourth-order valence-electron chi connectivity index (χ4n) is 1.47. The van der Waals surface area contributed by atoms with Gasteiger partial charge in [-0.25, -0.2) is 0 Å². The highest BCUT2D eigenvalue weighted by Crippen LogP contribution is 2.33. The van der Waals surface area contributed by atoms with E-state index in [-0.39, 0.29) is 17.9 Å². The highest BCUT2D eigenvalue weighted by atomic mass is 19.4. The van der Waals surface area contributed by atoms with Gasteiger partial charge in [0.1, 0.15) is 5.75 Å². The molecule has 0 heterocycles. The van der Waals surface area contributed by atoms with Gasteiger partial charge in [0.15, 0.2) is 0 Å². The number of alkyl halides is 3. The summed E-state index contributed by atoms with van der Waals surface area (Å²) in [7, 11) is 1.18. The van der Waals surface area contributed by atoms with Crippen molar-refractivity contribution >= 4 is 5.91 Å². The number of benzene rings is 1. The van der Waals surface area contributed by atoms with Crippen LogP contribution in [0, 0.1) is 0 Å². The molecule has 1 aromatic rings. The molecule has 1 amide bonds. The largest absolute Gasteiger partial charge is 0.496 e. The zero-order valence-corrected chi connectivity index (χ0v) is 11.3. The van der Waals surface area contributed by atoms with Crippen molar-refractivity contribution in [2.75, 3.05) is 13.7 Å². The Morgan fingerprint density at radius 1 is 1.35 bits per heavy atom. The van der Waals surface area contributed by atoms with E-state index in [1.807, 2.05) is 0 Å². The second-order valence-electron chi connectivity index (χ2n) is 4.91. The summed E-state index contributed by atoms with van der Waals surface area (Å²) in [5.74, 6) is -0.791.